The number of nitrogens with zero attached hydrogens (tertiary/aromatic N) is 1. The van der Waals surface area contributed by atoms with Crippen molar-refractivity contribution < 1.29 is 14.4 Å². The molecule has 0 aromatic heterocycles. The van der Waals surface area contributed by atoms with E-state index in [1.54, 1.807) is 0 Å². The second-order valence-electron chi connectivity index (χ2n) is 12.5. The second-order valence-corrected chi connectivity index (χ2v) is 12.5. The quantitative estimate of drug-likeness (QED) is 0.588. The van der Waals surface area contributed by atoms with E-state index in [1.807, 2.05) is 32.6 Å². The Morgan fingerprint density at radius 3 is 2.27 bits per heavy atom. The van der Waals surface area contributed by atoms with Gasteiger partial charge >= 0.3 is 0 Å². The average Bonchev–Trinajstić information content (AvgIpc) is 3.11. The number of hydrogen-bond acceptors (Lipinski definition) is 3. The Labute approximate surface area is 200 Å². The highest BCUT2D eigenvalue weighted by Gasteiger charge is 2.59. The molecule has 3 fully saturated rings. The van der Waals surface area contributed by atoms with Gasteiger partial charge in [0.15, 0.2) is 5.78 Å². The number of ketones is 1. The van der Waals surface area contributed by atoms with Gasteiger partial charge in [-0.2, -0.15) is 0 Å². The van der Waals surface area contributed by atoms with Crippen LogP contribution in [0.2, 0.25) is 0 Å². The fourth-order valence-corrected chi connectivity index (χ4v) is 8.62. The number of hydrogen-bond donors (Lipinski definition) is 1. The van der Waals surface area contributed by atoms with E-state index in [1.165, 1.54) is 32.6 Å². The largest absolute Gasteiger partial charge is 0.337 e. The summed E-state index contributed by atoms with van der Waals surface area (Å²) >= 11 is 0. The zero-order valence-corrected chi connectivity index (χ0v) is 21.8. The van der Waals surface area contributed by atoms with Crippen LogP contribution in [0.15, 0.2) is 11.3 Å². The van der Waals surface area contributed by atoms with Gasteiger partial charge in [0.1, 0.15) is 5.92 Å². The summed E-state index contributed by atoms with van der Waals surface area (Å²) in [5.74, 6) is 0.727. The van der Waals surface area contributed by atoms with Crippen LogP contribution in [0.1, 0.15) is 99.8 Å². The zero-order valence-electron chi connectivity index (χ0n) is 21.8. The van der Waals surface area contributed by atoms with Crippen LogP contribution in [-0.4, -0.2) is 34.6 Å². The predicted octanol–water partition coefficient (Wildman–Crippen LogP) is 5.24. The minimum atomic E-state index is -0.707. The standard InChI is InChI=1S/C28H44N2O3/c1-16(2)30(17(3)4)26(33)20-15-28(7)22-12-14-27(6)13-8-9-21(27)19(22)10-11-23(28)24(25(20)32)29-18(5)31/h16-17,19-22H,8-15H2,1-7H3,(H,29,31)/t19-,20?,21-,22+,27-,28+/m0/s1. The van der Waals surface area contributed by atoms with Gasteiger partial charge in [-0.1, -0.05) is 20.3 Å². The van der Waals surface area contributed by atoms with Crippen LogP contribution in [0.5, 0.6) is 0 Å². The Bertz CT molecular complexity index is 866. The van der Waals surface area contributed by atoms with E-state index < -0.39 is 5.92 Å². The van der Waals surface area contributed by atoms with Gasteiger partial charge in [-0.25, -0.2) is 0 Å². The molecule has 0 radical (unpaired) electrons. The van der Waals surface area contributed by atoms with Crippen molar-refractivity contribution >= 4 is 17.6 Å². The lowest BCUT2D eigenvalue weighted by Gasteiger charge is -2.58. The molecule has 33 heavy (non-hydrogen) atoms. The van der Waals surface area contributed by atoms with E-state index in [4.69, 9.17) is 0 Å². The topological polar surface area (TPSA) is 66.5 Å². The van der Waals surface area contributed by atoms with Gasteiger partial charge in [-0.3, -0.25) is 14.4 Å². The van der Waals surface area contributed by atoms with Crippen molar-refractivity contribution in [3.05, 3.63) is 11.3 Å². The van der Waals surface area contributed by atoms with Crippen LogP contribution in [0, 0.1) is 34.5 Å². The van der Waals surface area contributed by atoms with Crippen molar-refractivity contribution in [2.24, 2.45) is 34.5 Å². The first-order chi connectivity index (χ1) is 15.4. The Kier molecular flexibility index (Phi) is 6.33. The van der Waals surface area contributed by atoms with Crippen LogP contribution in [0.3, 0.4) is 0 Å². The molecule has 1 unspecified atom stereocenters. The second kappa shape index (κ2) is 8.53. The molecule has 0 spiro atoms. The maximum atomic E-state index is 13.8. The maximum absolute atomic E-state index is 13.8. The molecule has 6 atom stereocenters. The van der Waals surface area contributed by atoms with Gasteiger partial charge in [0.25, 0.3) is 0 Å². The maximum Gasteiger partial charge on any atom is 0.234 e. The number of rotatable bonds is 4. The molecular weight excluding hydrogens is 412 g/mol. The normalized spacial score (nSPS) is 38.2. The fourth-order valence-electron chi connectivity index (χ4n) is 8.62. The fraction of sp³-hybridized carbons (Fsp3) is 0.821. The Hall–Kier alpha value is -1.65. The van der Waals surface area contributed by atoms with Gasteiger partial charge in [-0.15, -0.1) is 0 Å². The van der Waals surface area contributed by atoms with Crippen molar-refractivity contribution in [3.63, 3.8) is 0 Å². The molecule has 3 saturated carbocycles. The van der Waals surface area contributed by atoms with Crippen LogP contribution < -0.4 is 5.32 Å². The summed E-state index contributed by atoms with van der Waals surface area (Å²) in [5, 5.41) is 2.91. The van der Waals surface area contributed by atoms with E-state index >= 15 is 0 Å². The number of amides is 2. The molecule has 4 rings (SSSR count). The SMILES string of the molecule is CC(=O)NC1=C2CC[C@@H]3[C@@H](CC[C@]4(C)CCC[C@@H]34)[C@@]2(C)CC(C(=O)N(C(C)C)C(C)C)C1=O. The number of carbonyl (C=O) groups excluding carboxylic acids is 3. The smallest absolute Gasteiger partial charge is 0.234 e. The highest BCUT2D eigenvalue weighted by molar-refractivity contribution is 6.12. The third kappa shape index (κ3) is 3.87. The van der Waals surface area contributed by atoms with Crippen molar-refractivity contribution in [2.75, 3.05) is 0 Å². The van der Waals surface area contributed by atoms with E-state index in [0.29, 0.717) is 29.4 Å². The highest BCUT2D eigenvalue weighted by Crippen LogP contribution is 2.66. The molecule has 4 aliphatic carbocycles. The predicted molar refractivity (Wildman–Crippen MR) is 130 cm³/mol. The van der Waals surface area contributed by atoms with Gasteiger partial charge in [0, 0.05) is 19.0 Å². The van der Waals surface area contributed by atoms with Gasteiger partial charge in [-0.05, 0) is 107 Å². The van der Waals surface area contributed by atoms with Gasteiger partial charge < -0.3 is 10.2 Å². The molecule has 0 aromatic rings. The number of fused-ring (bicyclic) bond motifs is 5. The zero-order chi connectivity index (χ0) is 24.3. The molecule has 0 aliphatic heterocycles. The summed E-state index contributed by atoms with van der Waals surface area (Å²) in [6, 6.07) is 0.0568. The lowest BCUT2D eigenvalue weighted by atomic mass is 9.46. The third-order valence-corrected chi connectivity index (χ3v) is 9.91. The summed E-state index contributed by atoms with van der Waals surface area (Å²) in [7, 11) is 0. The summed E-state index contributed by atoms with van der Waals surface area (Å²) in [4.78, 5) is 41.5. The molecule has 0 aromatic carbocycles. The number of nitrogens with one attached hydrogen (secondary N) is 1. The van der Waals surface area contributed by atoms with Crippen LogP contribution in [-0.2, 0) is 14.4 Å². The average molecular weight is 457 g/mol. The van der Waals surface area contributed by atoms with Crippen LogP contribution >= 0.6 is 0 Å². The summed E-state index contributed by atoms with van der Waals surface area (Å²) in [6.45, 7) is 14.3. The Morgan fingerprint density at radius 1 is 1.00 bits per heavy atom. The molecule has 5 heteroatoms. The van der Waals surface area contributed by atoms with Crippen LogP contribution in [0.25, 0.3) is 0 Å². The van der Waals surface area contributed by atoms with Crippen molar-refractivity contribution in [3.8, 4) is 0 Å². The molecule has 0 heterocycles. The molecule has 5 nitrogen and oxygen atoms in total. The van der Waals surface area contributed by atoms with Crippen molar-refractivity contribution in [1.82, 2.24) is 10.2 Å². The van der Waals surface area contributed by atoms with Crippen LogP contribution in [0.4, 0.5) is 0 Å². The minimum absolute atomic E-state index is 0.0284. The molecule has 4 aliphatic rings. The third-order valence-electron chi connectivity index (χ3n) is 9.91. The monoisotopic (exact) mass is 456 g/mol. The number of allylic oxidation sites excluding steroid dienone is 1. The molecule has 184 valence electrons. The molecule has 0 saturated heterocycles. The van der Waals surface area contributed by atoms with E-state index in [0.717, 1.165) is 30.8 Å². The molecule has 0 bridgehead atoms. The lowest BCUT2D eigenvalue weighted by Crippen LogP contribution is -2.56. The van der Waals surface area contributed by atoms with E-state index in [-0.39, 0.29) is 35.1 Å². The summed E-state index contributed by atoms with van der Waals surface area (Å²) in [6.07, 6.45) is 8.96. The lowest BCUT2D eigenvalue weighted by molar-refractivity contribution is -0.147. The minimum Gasteiger partial charge on any atom is -0.337 e. The number of carbonyl (C=O) groups is 3. The highest BCUT2D eigenvalue weighted by atomic mass is 16.2. The van der Waals surface area contributed by atoms with Gasteiger partial charge in [0.05, 0.1) is 5.70 Å². The Morgan fingerprint density at radius 2 is 1.67 bits per heavy atom. The molecule has 1 N–H and O–H groups in total. The first kappa shape index (κ1) is 24.5. The number of Topliss-reactive ketones (excluding diaryl/α,β-unsaturated/α-hetero) is 1. The van der Waals surface area contributed by atoms with Gasteiger partial charge in [0.2, 0.25) is 11.8 Å². The Balaban J connectivity index is 1.76. The molecule has 2 amide bonds. The van der Waals surface area contributed by atoms with E-state index in [2.05, 4.69) is 19.2 Å². The van der Waals surface area contributed by atoms with E-state index in [9.17, 15) is 14.4 Å². The first-order valence-electron chi connectivity index (χ1n) is 13.3. The van der Waals surface area contributed by atoms with Crippen molar-refractivity contribution in [2.45, 2.75) is 112 Å². The van der Waals surface area contributed by atoms with Crippen molar-refractivity contribution in [1.29, 1.82) is 0 Å². The summed E-state index contributed by atoms with van der Waals surface area (Å²) in [5.41, 5.74) is 1.82. The molecular formula is C28H44N2O3. The summed E-state index contributed by atoms with van der Waals surface area (Å²) < 4.78 is 0. The first-order valence-corrected chi connectivity index (χ1v) is 13.3.